The standard InChI is InChI=1S/C18H24N4O3S/c1-4-5-6-10-15(23)19-12(2)16(24)20-18-22-21-17(26-18)13-8-7-9-14(11-13)25-3/h7-9,11-12H,4-6,10H2,1-3H3,(H,19,23)(H,20,22,24). The lowest BCUT2D eigenvalue weighted by molar-refractivity contribution is -0.126. The third-order valence-corrected chi connectivity index (χ3v) is 4.64. The molecule has 26 heavy (non-hydrogen) atoms. The summed E-state index contributed by atoms with van der Waals surface area (Å²) < 4.78 is 5.20. The molecule has 0 saturated carbocycles. The molecule has 1 aromatic carbocycles. The molecule has 0 aliphatic rings. The third kappa shape index (κ3) is 5.80. The number of aromatic nitrogens is 2. The summed E-state index contributed by atoms with van der Waals surface area (Å²) in [7, 11) is 1.60. The zero-order valence-corrected chi connectivity index (χ0v) is 16.1. The molecule has 2 N–H and O–H groups in total. The van der Waals surface area contributed by atoms with Gasteiger partial charge in [-0.15, -0.1) is 10.2 Å². The smallest absolute Gasteiger partial charge is 0.248 e. The van der Waals surface area contributed by atoms with Crippen molar-refractivity contribution < 1.29 is 14.3 Å². The van der Waals surface area contributed by atoms with E-state index in [0.29, 0.717) is 16.6 Å². The number of unbranched alkanes of at least 4 members (excludes halogenated alkanes) is 2. The molecule has 1 aromatic heterocycles. The van der Waals surface area contributed by atoms with Gasteiger partial charge in [-0.05, 0) is 25.5 Å². The minimum absolute atomic E-state index is 0.115. The minimum atomic E-state index is -0.631. The fraction of sp³-hybridized carbons (Fsp3) is 0.444. The largest absolute Gasteiger partial charge is 0.497 e. The zero-order chi connectivity index (χ0) is 18.9. The monoisotopic (exact) mass is 376 g/mol. The number of nitrogens with zero attached hydrogens (tertiary/aromatic N) is 2. The Kier molecular flexibility index (Phi) is 7.53. The van der Waals surface area contributed by atoms with E-state index in [-0.39, 0.29) is 11.8 Å². The summed E-state index contributed by atoms with van der Waals surface area (Å²) in [6.45, 7) is 3.73. The fourth-order valence-electron chi connectivity index (χ4n) is 2.27. The summed E-state index contributed by atoms with van der Waals surface area (Å²) in [6.07, 6.45) is 3.32. The summed E-state index contributed by atoms with van der Waals surface area (Å²) in [5.74, 6) is 0.292. The molecular formula is C18H24N4O3S. The Morgan fingerprint density at radius 2 is 2.08 bits per heavy atom. The van der Waals surface area contributed by atoms with Crippen molar-refractivity contribution in [1.82, 2.24) is 15.5 Å². The van der Waals surface area contributed by atoms with E-state index in [4.69, 9.17) is 4.74 Å². The van der Waals surface area contributed by atoms with E-state index in [9.17, 15) is 9.59 Å². The zero-order valence-electron chi connectivity index (χ0n) is 15.2. The first-order valence-corrected chi connectivity index (χ1v) is 9.43. The van der Waals surface area contributed by atoms with E-state index in [1.807, 2.05) is 24.3 Å². The van der Waals surface area contributed by atoms with Crippen LogP contribution in [0.1, 0.15) is 39.5 Å². The Morgan fingerprint density at radius 3 is 2.81 bits per heavy atom. The molecule has 0 radical (unpaired) electrons. The normalized spacial score (nSPS) is 11.7. The Balaban J connectivity index is 1.91. The van der Waals surface area contributed by atoms with Crippen molar-refractivity contribution >= 4 is 28.3 Å². The third-order valence-electron chi connectivity index (χ3n) is 3.75. The average Bonchev–Trinajstić information content (AvgIpc) is 3.10. The van der Waals surface area contributed by atoms with Crippen LogP contribution in [0.25, 0.3) is 10.6 Å². The van der Waals surface area contributed by atoms with Crippen LogP contribution in [0.2, 0.25) is 0 Å². The minimum Gasteiger partial charge on any atom is -0.497 e. The number of rotatable bonds is 9. The fourth-order valence-corrected chi connectivity index (χ4v) is 3.02. The van der Waals surface area contributed by atoms with Gasteiger partial charge in [-0.3, -0.25) is 14.9 Å². The lowest BCUT2D eigenvalue weighted by Gasteiger charge is -2.12. The average molecular weight is 376 g/mol. The predicted molar refractivity (Wildman–Crippen MR) is 102 cm³/mol. The second-order valence-electron chi connectivity index (χ2n) is 5.88. The van der Waals surface area contributed by atoms with Crippen molar-refractivity contribution in [2.75, 3.05) is 12.4 Å². The van der Waals surface area contributed by atoms with Crippen LogP contribution in [0.3, 0.4) is 0 Å². The highest BCUT2D eigenvalue weighted by Gasteiger charge is 2.17. The van der Waals surface area contributed by atoms with Crippen LogP contribution in [0.15, 0.2) is 24.3 Å². The van der Waals surface area contributed by atoms with E-state index >= 15 is 0 Å². The van der Waals surface area contributed by atoms with Crippen molar-refractivity contribution in [3.8, 4) is 16.3 Å². The predicted octanol–water partition coefficient (Wildman–Crippen LogP) is 3.24. The first-order valence-electron chi connectivity index (χ1n) is 8.61. The number of ether oxygens (including phenoxy) is 1. The number of methoxy groups -OCH3 is 1. The van der Waals surface area contributed by atoms with Crippen LogP contribution in [-0.2, 0) is 9.59 Å². The van der Waals surface area contributed by atoms with E-state index in [1.165, 1.54) is 11.3 Å². The van der Waals surface area contributed by atoms with Crippen molar-refractivity contribution in [3.63, 3.8) is 0 Å². The highest BCUT2D eigenvalue weighted by molar-refractivity contribution is 7.18. The molecule has 2 rings (SSSR count). The second-order valence-corrected chi connectivity index (χ2v) is 6.86. The Labute approximate surface area is 157 Å². The van der Waals surface area contributed by atoms with Crippen molar-refractivity contribution in [3.05, 3.63) is 24.3 Å². The number of nitrogens with one attached hydrogen (secondary N) is 2. The molecule has 8 heteroatoms. The van der Waals surface area contributed by atoms with E-state index in [2.05, 4.69) is 27.8 Å². The van der Waals surface area contributed by atoms with Crippen LogP contribution in [0.5, 0.6) is 5.75 Å². The highest BCUT2D eigenvalue weighted by atomic mass is 32.1. The molecule has 7 nitrogen and oxygen atoms in total. The molecule has 1 atom stereocenters. The van der Waals surface area contributed by atoms with Gasteiger partial charge in [0.2, 0.25) is 16.9 Å². The number of hydrogen-bond acceptors (Lipinski definition) is 6. The summed E-state index contributed by atoms with van der Waals surface area (Å²) >= 11 is 1.26. The van der Waals surface area contributed by atoms with Crippen molar-refractivity contribution in [2.45, 2.75) is 45.6 Å². The van der Waals surface area contributed by atoms with Gasteiger partial charge in [0.05, 0.1) is 7.11 Å². The SMILES string of the molecule is CCCCCC(=O)NC(C)C(=O)Nc1nnc(-c2cccc(OC)c2)s1. The Bertz CT molecular complexity index is 748. The van der Waals surface area contributed by atoms with Gasteiger partial charge in [0.15, 0.2) is 0 Å². The molecular weight excluding hydrogens is 352 g/mol. The van der Waals surface area contributed by atoms with Gasteiger partial charge in [-0.1, -0.05) is 43.2 Å². The van der Waals surface area contributed by atoms with E-state index in [0.717, 1.165) is 30.6 Å². The van der Waals surface area contributed by atoms with Crippen LogP contribution in [-0.4, -0.2) is 35.2 Å². The number of carbonyl (C=O) groups is 2. The van der Waals surface area contributed by atoms with Gasteiger partial charge >= 0.3 is 0 Å². The van der Waals surface area contributed by atoms with Crippen LogP contribution >= 0.6 is 11.3 Å². The number of amides is 2. The maximum absolute atomic E-state index is 12.2. The summed E-state index contributed by atoms with van der Waals surface area (Å²) in [6, 6.07) is 6.83. The first-order chi connectivity index (χ1) is 12.5. The van der Waals surface area contributed by atoms with Gasteiger partial charge in [0, 0.05) is 12.0 Å². The molecule has 0 aliphatic heterocycles. The van der Waals surface area contributed by atoms with Crippen LogP contribution in [0.4, 0.5) is 5.13 Å². The van der Waals surface area contributed by atoms with Gasteiger partial charge in [0.1, 0.15) is 16.8 Å². The first kappa shape index (κ1) is 19.8. The molecule has 2 aromatic rings. The van der Waals surface area contributed by atoms with Crippen molar-refractivity contribution in [2.24, 2.45) is 0 Å². The Hall–Kier alpha value is -2.48. The molecule has 1 heterocycles. The molecule has 1 unspecified atom stereocenters. The lowest BCUT2D eigenvalue weighted by atomic mass is 10.2. The molecule has 140 valence electrons. The molecule has 0 saturated heterocycles. The summed E-state index contributed by atoms with van der Waals surface area (Å²) in [4.78, 5) is 24.0. The topological polar surface area (TPSA) is 93.2 Å². The van der Waals surface area contributed by atoms with E-state index in [1.54, 1.807) is 14.0 Å². The summed E-state index contributed by atoms with van der Waals surface area (Å²) in [5, 5.41) is 14.5. The van der Waals surface area contributed by atoms with Gasteiger partial charge < -0.3 is 10.1 Å². The maximum Gasteiger partial charge on any atom is 0.248 e. The molecule has 2 amide bonds. The number of anilines is 1. The van der Waals surface area contributed by atoms with Gasteiger partial charge in [-0.25, -0.2) is 0 Å². The molecule has 0 spiro atoms. The van der Waals surface area contributed by atoms with E-state index < -0.39 is 6.04 Å². The molecule has 0 fully saturated rings. The Morgan fingerprint density at radius 1 is 1.27 bits per heavy atom. The number of hydrogen-bond donors (Lipinski definition) is 2. The number of carbonyl (C=O) groups excluding carboxylic acids is 2. The highest BCUT2D eigenvalue weighted by Crippen LogP contribution is 2.28. The summed E-state index contributed by atoms with van der Waals surface area (Å²) in [5.41, 5.74) is 0.861. The van der Waals surface area contributed by atoms with Gasteiger partial charge in [0.25, 0.3) is 0 Å². The van der Waals surface area contributed by atoms with Crippen molar-refractivity contribution in [1.29, 1.82) is 0 Å². The number of benzene rings is 1. The van der Waals surface area contributed by atoms with Crippen LogP contribution < -0.4 is 15.4 Å². The van der Waals surface area contributed by atoms with Crippen LogP contribution in [0, 0.1) is 0 Å². The second kappa shape index (κ2) is 9.86. The molecule has 0 aliphatic carbocycles. The van der Waals surface area contributed by atoms with Gasteiger partial charge in [-0.2, -0.15) is 0 Å². The maximum atomic E-state index is 12.2. The quantitative estimate of drug-likeness (QED) is 0.655. The lowest BCUT2D eigenvalue weighted by Crippen LogP contribution is -2.41. The molecule has 0 bridgehead atoms.